The zero-order valence-electron chi connectivity index (χ0n) is 30.0. The van der Waals surface area contributed by atoms with Gasteiger partial charge in [0.2, 0.25) is 5.91 Å². The smallest absolute Gasteiger partial charge is 0.310 e. The molecule has 1 unspecified atom stereocenters. The number of carbonyl (C=O) groups is 3. The molecule has 3 heterocycles. The van der Waals surface area contributed by atoms with E-state index in [2.05, 4.69) is 41.0 Å². The van der Waals surface area contributed by atoms with Crippen molar-refractivity contribution < 1.29 is 24.2 Å². The van der Waals surface area contributed by atoms with E-state index in [1.54, 1.807) is 6.07 Å². The number of benzene rings is 1. The predicted octanol–water partition coefficient (Wildman–Crippen LogP) is 6.73. The number of likely N-dealkylation sites (tertiary alicyclic amines) is 1. The van der Waals surface area contributed by atoms with Crippen molar-refractivity contribution in [3.8, 4) is 16.9 Å². The Bertz CT molecular complexity index is 1720. The highest BCUT2D eigenvalue weighted by molar-refractivity contribution is 5.97. The highest BCUT2D eigenvalue weighted by Gasteiger charge is 2.39. The molecule has 2 atom stereocenters. The van der Waals surface area contributed by atoms with Gasteiger partial charge in [-0.2, -0.15) is 0 Å². The first kappa shape index (κ1) is 36.4. The third-order valence-electron chi connectivity index (χ3n) is 9.30. The van der Waals surface area contributed by atoms with Crippen molar-refractivity contribution in [2.24, 2.45) is 17.8 Å². The summed E-state index contributed by atoms with van der Waals surface area (Å²) >= 11 is 0. The lowest BCUT2D eigenvalue weighted by Crippen LogP contribution is -2.58. The molecule has 1 aliphatic heterocycles. The number of aliphatic carboxylic acids is 1. The summed E-state index contributed by atoms with van der Waals surface area (Å²) in [6.07, 6.45) is 12.3. The Balaban J connectivity index is 1.26. The molecule has 5 rings (SSSR count). The van der Waals surface area contributed by atoms with Gasteiger partial charge >= 0.3 is 5.97 Å². The van der Waals surface area contributed by atoms with Crippen LogP contribution in [-0.4, -0.2) is 68.5 Å². The van der Waals surface area contributed by atoms with Crippen molar-refractivity contribution in [2.45, 2.75) is 78.7 Å². The second kappa shape index (κ2) is 15.8. The van der Waals surface area contributed by atoms with Crippen molar-refractivity contribution >= 4 is 23.4 Å². The van der Waals surface area contributed by atoms with Crippen molar-refractivity contribution in [3.05, 3.63) is 89.8 Å². The van der Waals surface area contributed by atoms with E-state index >= 15 is 0 Å². The van der Waals surface area contributed by atoms with Crippen LogP contribution in [0.5, 0.6) is 5.75 Å². The molecular formula is C40H49N5O5. The molecule has 2 N–H and O–H groups in total. The molecule has 2 aliphatic rings. The average Bonchev–Trinajstić information content (AvgIpc) is 3.05. The maximum absolute atomic E-state index is 13.6. The van der Waals surface area contributed by atoms with Crippen molar-refractivity contribution in [3.63, 3.8) is 0 Å². The van der Waals surface area contributed by atoms with Gasteiger partial charge in [0, 0.05) is 48.4 Å². The number of carboxylic acids is 1. The van der Waals surface area contributed by atoms with E-state index in [9.17, 15) is 19.5 Å². The second-order valence-corrected chi connectivity index (χ2v) is 14.9. The Morgan fingerprint density at radius 2 is 1.66 bits per heavy atom. The topological polar surface area (TPSA) is 135 Å². The molecule has 0 spiro atoms. The summed E-state index contributed by atoms with van der Waals surface area (Å²) in [6.45, 7) is 13.6. The number of aromatic nitrogens is 3. The number of carboxylic acid groups (broad SMARTS) is 1. The van der Waals surface area contributed by atoms with Crippen LogP contribution in [0.25, 0.3) is 16.7 Å². The van der Waals surface area contributed by atoms with Gasteiger partial charge in [0.1, 0.15) is 11.8 Å². The van der Waals surface area contributed by atoms with Gasteiger partial charge in [0.15, 0.2) is 5.82 Å². The van der Waals surface area contributed by atoms with Gasteiger partial charge < -0.3 is 20.1 Å². The van der Waals surface area contributed by atoms with Crippen LogP contribution in [0.4, 0.5) is 0 Å². The standard InChI is InChI=1S/C40H49N5O5/c1-25(2)8-7-17-50-32-13-10-28(11-14-32)30-21-42-36(43-22-30)33-15-9-27(18-26(33)3)19-34(38(47)45-23-31(24-45)39(48)49)44-37(46)29-12-16-35(41-20-29)40(4,5)6/h9-16,20-22,25-26,31,34H,7-8,17-19,23-24H2,1-6H3,(H,44,46)(H,48,49)/t26?,34-/m0/s1. The van der Waals surface area contributed by atoms with E-state index in [1.807, 2.05) is 75.6 Å². The minimum atomic E-state index is -0.924. The number of nitrogens with zero attached hydrogens (tertiary/aromatic N) is 4. The van der Waals surface area contributed by atoms with Crippen molar-refractivity contribution in [2.75, 3.05) is 19.7 Å². The fourth-order valence-electron chi connectivity index (χ4n) is 6.15. The Morgan fingerprint density at radius 3 is 2.24 bits per heavy atom. The highest BCUT2D eigenvalue weighted by atomic mass is 16.5. The van der Waals surface area contributed by atoms with Crippen LogP contribution in [0, 0.1) is 17.8 Å². The van der Waals surface area contributed by atoms with Gasteiger partial charge in [-0.1, -0.05) is 71.4 Å². The van der Waals surface area contributed by atoms with E-state index in [4.69, 9.17) is 4.74 Å². The summed E-state index contributed by atoms with van der Waals surface area (Å²) in [5.74, 6) is 0.0449. The average molecular weight is 680 g/mol. The third kappa shape index (κ3) is 9.22. The van der Waals surface area contributed by atoms with Crippen LogP contribution in [-0.2, 0) is 15.0 Å². The number of amides is 2. The minimum absolute atomic E-state index is 0.0778. The molecule has 3 aromatic rings. The van der Waals surface area contributed by atoms with Crippen LogP contribution in [0.1, 0.15) is 89.1 Å². The van der Waals surface area contributed by atoms with Gasteiger partial charge in [0.25, 0.3) is 5.91 Å². The zero-order chi connectivity index (χ0) is 36.0. The molecule has 50 heavy (non-hydrogen) atoms. The molecule has 2 amide bonds. The molecule has 0 radical (unpaired) electrons. The summed E-state index contributed by atoms with van der Waals surface area (Å²) in [5.41, 5.74) is 4.97. The van der Waals surface area contributed by atoms with Crippen LogP contribution in [0.15, 0.2) is 72.7 Å². The Morgan fingerprint density at radius 1 is 0.960 bits per heavy atom. The van der Waals surface area contributed by atoms with E-state index in [0.29, 0.717) is 36.8 Å². The number of hydrogen-bond donors (Lipinski definition) is 2. The predicted molar refractivity (Wildman–Crippen MR) is 193 cm³/mol. The zero-order valence-corrected chi connectivity index (χ0v) is 30.0. The molecule has 2 aromatic heterocycles. The number of allylic oxidation sites excluding steroid dienone is 3. The fourth-order valence-corrected chi connectivity index (χ4v) is 6.15. The first-order valence-corrected chi connectivity index (χ1v) is 17.5. The van der Waals surface area contributed by atoms with Crippen molar-refractivity contribution in [1.82, 2.24) is 25.2 Å². The second-order valence-electron chi connectivity index (χ2n) is 14.9. The van der Waals surface area contributed by atoms with E-state index in [0.717, 1.165) is 46.6 Å². The molecule has 1 aliphatic carbocycles. The molecule has 10 heteroatoms. The largest absolute Gasteiger partial charge is 0.494 e. The summed E-state index contributed by atoms with van der Waals surface area (Å²) < 4.78 is 5.88. The summed E-state index contributed by atoms with van der Waals surface area (Å²) in [5, 5.41) is 12.3. The van der Waals surface area contributed by atoms with Gasteiger partial charge in [-0.05, 0) is 72.9 Å². The van der Waals surface area contributed by atoms with E-state index < -0.39 is 23.8 Å². The lowest BCUT2D eigenvalue weighted by molar-refractivity contribution is -0.153. The Labute approximate surface area is 295 Å². The Kier molecular flexibility index (Phi) is 11.5. The summed E-state index contributed by atoms with van der Waals surface area (Å²) in [4.78, 5) is 53.6. The normalized spacial score (nSPS) is 17.0. The summed E-state index contributed by atoms with van der Waals surface area (Å²) in [7, 11) is 0. The number of carbonyl (C=O) groups excluding carboxylic acids is 2. The number of rotatable bonds is 13. The quantitative estimate of drug-likeness (QED) is 0.190. The molecule has 264 valence electrons. The van der Waals surface area contributed by atoms with E-state index in [-0.39, 0.29) is 30.3 Å². The number of ether oxygens (including phenoxy) is 1. The van der Waals surface area contributed by atoms with Gasteiger partial charge in [0.05, 0.1) is 18.1 Å². The first-order chi connectivity index (χ1) is 23.8. The summed E-state index contributed by atoms with van der Waals surface area (Å²) in [6, 6.07) is 10.7. The number of pyridine rings is 1. The molecule has 1 aromatic carbocycles. The molecule has 1 saturated heterocycles. The van der Waals surface area contributed by atoms with Crippen LogP contribution in [0.3, 0.4) is 0 Å². The SMILES string of the molecule is CC(C)CCCOc1ccc(-c2cnc(C3=CC=C(C[C@H](NC(=O)c4ccc(C(C)(C)C)nc4)C(=O)N4CC(C(=O)O)C4)CC3C)nc2)cc1. The van der Waals surface area contributed by atoms with Gasteiger partial charge in [-0.3, -0.25) is 19.4 Å². The van der Waals surface area contributed by atoms with E-state index in [1.165, 1.54) is 11.1 Å². The molecular weight excluding hydrogens is 630 g/mol. The highest BCUT2D eigenvalue weighted by Crippen LogP contribution is 2.33. The van der Waals surface area contributed by atoms with Crippen LogP contribution in [0.2, 0.25) is 0 Å². The Hall–Kier alpha value is -4.86. The monoisotopic (exact) mass is 679 g/mol. The molecule has 1 fully saturated rings. The lowest BCUT2D eigenvalue weighted by atomic mass is 9.85. The molecule has 10 nitrogen and oxygen atoms in total. The molecule has 0 bridgehead atoms. The van der Waals surface area contributed by atoms with Crippen LogP contribution < -0.4 is 10.1 Å². The van der Waals surface area contributed by atoms with Crippen molar-refractivity contribution in [1.29, 1.82) is 0 Å². The fraction of sp³-hybridized carbons (Fsp3) is 0.450. The number of hydrogen-bond acceptors (Lipinski definition) is 7. The maximum atomic E-state index is 13.6. The minimum Gasteiger partial charge on any atom is -0.494 e. The number of nitrogens with one attached hydrogen (secondary N) is 1. The maximum Gasteiger partial charge on any atom is 0.310 e. The molecule has 0 saturated carbocycles. The lowest BCUT2D eigenvalue weighted by Gasteiger charge is -2.39. The third-order valence-corrected chi connectivity index (χ3v) is 9.30. The van der Waals surface area contributed by atoms with Crippen LogP contribution >= 0.6 is 0 Å². The first-order valence-electron chi connectivity index (χ1n) is 17.5. The van der Waals surface area contributed by atoms with Gasteiger partial charge in [-0.25, -0.2) is 9.97 Å². The van der Waals surface area contributed by atoms with Gasteiger partial charge in [-0.15, -0.1) is 0 Å².